The van der Waals surface area contributed by atoms with Gasteiger partial charge in [0.25, 0.3) is 0 Å². The molecule has 0 aliphatic carbocycles. The third-order valence-electron chi connectivity index (χ3n) is 2.17. The summed E-state index contributed by atoms with van der Waals surface area (Å²) in [6.45, 7) is 1.81. The van der Waals surface area contributed by atoms with Crippen molar-refractivity contribution < 1.29 is 8.42 Å². The van der Waals surface area contributed by atoms with Crippen LogP contribution in [-0.4, -0.2) is 37.9 Å². The molecule has 5 heteroatoms. The first-order valence-electron chi connectivity index (χ1n) is 4.11. The van der Waals surface area contributed by atoms with Crippen molar-refractivity contribution in [3.05, 3.63) is 12.2 Å². The summed E-state index contributed by atoms with van der Waals surface area (Å²) < 4.78 is 24.9. The average Bonchev–Trinajstić information content (AvgIpc) is 2.53. The Morgan fingerprint density at radius 1 is 1.46 bits per heavy atom. The van der Waals surface area contributed by atoms with Crippen LogP contribution in [0.15, 0.2) is 17.1 Å². The second kappa shape index (κ2) is 3.23. The molecular weight excluding hydrogens is 188 g/mol. The highest BCUT2D eigenvalue weighted by atomic mass is 32.2. The lowest BCUT2D eigenvalue weighted by molar-refractivity contribution is 0.483. The fourth-order valence-electron chi connectivity index (χ4n) is 1.27. The van der Waals surface area contributed by atoms with Crippen LogP contribution < -0.4 is 0 Å². The van der Waals surface area contributed by atoms with Crippen LogP contribution in [0.5, 0.6) is 0 Å². The molecule has 13 heavy (non-hydrogen) atoms. The predicted molar refractivity (Wildman–Crippen MR) is 53.3 cm³/mol. The van der Waals surface area contributed by atoms with Gasteiger partial charge in [-0.15, -0.1) is 0 Å². The van der Waals surface area contributed by atoms with E-state index < -0.39 is 14.9 Å². The van der Waals surface area contributed by atoms with E-state index >= 15 is 0 Å². The van der Waals surface area contributed by atoms with Gasteiger partial charge in [0.05, 0.1) is 0 Å². The van der Waals surface area contributed by atoms with Gasteiger partial charge < -0.3 is 0 Å². The number of aliphatic imine (C=N–C) groups is 1. The highest BCUT2D eigenvalue weighted by molar-refractivity contribution is 7.90. The Balaban J connectivity index is 3.18. The second-order valence-corrected chi connectivity index (χ2v) is 5.51. The number of allylic oxidation sites excluding steroid dienone is 1. The van der Waals surface area contributed by atoms with E-state index in [0.717, 1.165) is 0 Å². The largest absolute Gasteiger partial charge is 0.265 e. The van der Waals surface area contributed by atoms with Crippen LogP contribution in [0.25, 0.3) is 0 Å². The molecule has 1 aliphatic rings. The molecule has 0 aromatic carbocycles. The lowest BCUT2D eigenvalue weighted by atomic mass is 10.2. The summed E-state index contributed by atoms with van der Waals surface area (Å²) in [5.74, 6) is 0. The van der Waals surface area contributed by atoms with Crippen molar-refractivity contribution >= 4 is 16.2 Å². The molecule has 1 aliphatic heterocycles. The van der Waals surface area contributed by atoms with Crippen molar-refractivity contribution in [3.63, 3.8) is 0 Å². The van der Waals surface area contributed by atoms with Crippen LogP contribution in [0.2, 0.25) is 0 Å². The molecule has 4 nitrogen and oxygen atoms in total. The molecule has 0 N–H and O–H groups in total. The molecule has 1 heterocycles. The Hall–Kier alpha value is -0.680. The van der Waals surface area contributed by atoms with Crippen molar-refractivity contribution in [3.8, 4) is 0 Å². The third kappa shape index (κ3) is 1.42. The standard InChI is InChI=1S/C8H14N2O2S/c1-4-8(6-5-7-9-8)13(11,12)10(2)3/h5-7H,4H2,1-3H3. The quantitative estimate of drug-likeness (QED) is 0.673. The van der Waals surface area contributed by atoms with Crippen molar-refractivity contribution in [2.24, 2.45) is 4.99 Å². The van der Waals surface area contributed by atoms with Crippen molar-refractivity contribution in [1.82, 2.24) is 4.31 Å². The molecule has 0 fully saturated rings. The van der Waals surface area contributed by atoms with Gasteiger partial charge in [0, 0.05) is 20.3 Å². The van der Waals surface area contributed by atoms with Gasteiger partial charge in [-0.05, 0) is 18.6 Å². The molecule has 1 atom stereocenters. The molecule has 0 aromatic heterocycles. The zero-order valence-corrected chi connectivity index (χ0v) is 8.87. The predicted octanol–water partition coefficient (Wildman–Crippen LogP) is 0.625. The van der Waals surface area contributed by atoms with E-state index in [0.29, 0.717) is 6.42 Å². The van der Waals surface area contributed by atoms with Crippen LogP contribution in [0.3, 0.4) is 0 Å². The highest BCUT2D eigenvalue weighted by Gasteiger charge is 2.42. The van der Waals surface area contributed by atoms with Gasteiger partial charge >= 0.3 is 0 Å². The molecule has 1 unspecified atom stereocenters. The Labute approximate surface area is 79.0 Å². The number of rotatable bonds is 3. The monoisotopic (exact) mass is 202 g/mol. The van der Waals surface area contributed by atoms with Gasteiger partial charge in [0.2, 0.25) is 10.0 Å². The lowest BCUT2D eigenvalue weighted by Gasteiger charge is -2.26. The molecule has 0 spiro atoms. The molecular formula is C8H14N2O2S. The maximum absolute atomic E-state index is 11.8. The number of sulfonamides is 1. The molecule has 1 rings (SSSR count). The van der Waals surface area contributed by atoms with Gasteiger partial charge in [-0.2, -0.15) is 0 Å². The summed E-state index contributed by atoms with van der Waals surface area (Å²) in [6, 6.07) is 0. The van der Waals surface area contributed by atoms with E-state index in [-0.39, 0.29) is 0 Å². The minimum atomic E-state index is -3.34. The van der Waals surface area contributed by atoms with Gasteiger partial charge in [-0.3, -0.25) is 4.99 Å². The summed E-state index contributed by atoms with van der Waals surface area (Å²) in [7, 11) is -0.295. The minimum absolute atomic E-state index is 0.459. The van der Waals surface area contributed by atoms with Gasteiger partial charge in [-0.25, -0.2) is 12.7 Å². The van der Waals surface area contributed by atoms with Crippen molar-refractivity contribution in [2.45, 2.75) is 18.2 Å². The van der Waals surface area contributed by atoms with Crippen LogP contribution in [-0.2, 0) is 10.0 Å². The molecule has 0 bridgehead atoms. The van der Waals surface area contributed by atoms with Gasteiger partial charge in [0.1, 0.15) is 0 Å². The Bertz CT molecular complexity index is 329. The zero-order valence-electron chi connectivity index (χ0n) is 8.06. The van der Waals surface area contributed by atoms with E-state index in [1.165, 1.54) is 24.6 Å². The lowest BCUT2D eigenvalue weighted by Crippen LogP contribution is -2.41. The van der Waals surface area contributed by atoms with Crippen LogP contribution in [0, 0.1) is 0 Å². The molecule has 0 radical (unpaired) electrons. The topological polar surface area (TPSA) is 49.7 Å². The summed E-state index contributed by atoms with van der Waals surface area (Å²) >= 11 is 0. The maximum Gasteiger partial charge on any atom is 0.243 e. The molecule has 0 saturated heterocycles. The summed E-state index contributed by atoms with van der Waals surface area (Å²) in [6.07, 6.45) is 5.29. The van der Waals surface area contributed by atoms with Gasteiger partial charge in [-0.1, -0.05) is 6.92 Å². The van der Waals surface area contributed by atoms with E-state index in [1.54, 1.807) is 12.2 Å². The third-order valence-corrected chi connectivity index (χ3v) is 4.55. The normalized spacial score (nSPS) is 27.4. The Morgan fingerprint density at radius 2 is 2.08 bits per heavy atom. The van der Waals surface area contributed by atoms with Crippen LogP contribution in [0.4, 0.5) is 0 Å². The maximum atomic E-state index is 11.8. The number of hydrogen-bond acceptors (Lipinski definition) is 3. The smallest absolute Gasteiger partial charge is 0.243 e. The molecule has 74 valence electrons. The average molecular weight is 202 g/mol. The Morgan fingerprint density at radius 3 is 2.38 bits per heavy atom. The zero-order chi connectivity index (χ0) is 10.1. The first kappa shape index (κ1) is 10.4. The first-order valence-corrected chi connectivity index (χ1v) is 5.55. The van der Waals surface area contributed by atoms with Crippen molar-refractivity contribution in [1.29, 1.82) is 0 Å². The van der Waals surface area contributed by atoms with Crippen LogP contribution >= 0.6 is 0 Å². The second-order valence-electron chi connectivity index (χ2n) is 3.12. The Kier molecular flexibility index (Phi) is 2.58. The van der Waals surface area contributed by atoms with Crippen molar-refractivity contribution in [2.75, 3.05) is 14.1 Å². The fraction of sp³-hybridized carbons (Fsp3) is 0.625. The van der Waals surface area contributed by atoms with E-state index in [2.05, 4.69) is 4.99 Å². The number of nitrogens with zero attached hydrogens (tertiary/aromatic N) is 2. The SMILES string of the molecule is CCC1(S(=O)(=O)N(C)C)C=CC=N1. The van der Waals surface area contributed by atoms with E-state index in [1.807, 2.05) is 6.92 Å². The van der Waals surface area contributed by atoms with E-state index in [4.69, 9.17) is 0 Å². The van der Waals surface area contributed by atoms with Crippen LogP contribution in [0.1, 0.15) is 13.3 Å². The summed E-state index contributed by atoms with van der Waals surface area (Å²) in [5.41, 5.74) is 0. The fourth-order valence-corrected chi connectivity index (χ4v) is 2.71. The summed E-state index contributed by atoms with van der Waals surface area (Å²) in [4.78, 5) is 2.95. The molecule has 0 amide bonds. The first-order chi connectivity index (χ1) is 5.96. The van der Waals surface area contributed by atoms with Gasteiger partial charge in [0.15, 0.2) is 4.87 Å². The minimum Gasteiger partial charge on any atom is -0.265 e. The summed E-state index contributed by atoms with van der Waals surface area (Å²) in [5, 5.41) is 0. The van der Waals surface area contributed by atoms with E-state index in [9.17, 15) is 8.42 Å². The number of hydrogen-bond donors (Lipinski definition) is 0. The molecule has 0 saturated carbocycles. The molecule has 0 aromatic rings. The highest BCUT2D eigenvalue weighted by Crippen LogP contribution is 2.29.